The Bertz CT molecular complexity index is 733. The van der Waals surface area contributed by atoms with Gasteiger partial charge in [-0.2, -0.15) is 0 Å². The molecule has 5 nitrogen and oxygen atoms in total. The number of nitrogens with zero attached hydrogens (tertiary/aromatic N) is 1. The van der Waals surface area contributed by atoms with Crippen LogP contribution in [0.4, 0.5) is 0 Å². The molecule has 1 aromatic heterocycles. The summed E-state index contributed by atoms with van der Waals surface area (Å²) in [6.07, 6.45) is 6.95. The van der Waals surface area contributed by atoms with Gasteiger partial charge in [0.15, 0.2) is 5.78 Å². The topological polar surface area (TPSA) is 68.5 Å². The maximum absolute atomic E-state index is 12.5. The highest BCUT2D eigenvalue weighted by Gasteiger charge is 2.23. The number of Topliss-reactive ketones (excluding diaryl/α,β-unsaturated/α-hetero) is 1. The van der Waals surface area contributed by atoms with Crippen LogP contribution in [0, 0.1) is 0 Å². The molecule has 1 aromatic carbocycles. The van der Waals surface area contributed by atoms with Crippen molar-refractivity contribution in [3.63, 3.8) is 0 Å². The summed E-state index contributed by atoms with van der Waals surface area (Å²) < 4.78 is 6.64. The summed E-state index contributed by atoms with van der Waals surface area (Å²) in [6.45, 7) is 3.99. The Morgan fingerprint density at radius 2 is 1.76 bits per heavy atom. The fourth-order valence-electron chi connectivity index (χ4n) is 3.04. The lowest BCUT2D eigenvalue weighted by Gasteiger charge is -2.04. The second-order valence-electron chi connectivity index (χ2n) is 6.31. The quantitative estimate of drug-likeness (QED) is 0.506. The molecule has 136 valence electrons. The number of hydrogen-bond donors (Lipinski definition) is 1. The van der Waals surface area contributed by atoms with Crippen molar-refractivity contribution >= 4 is 22.6 Å². The van der Waals surface area contributed by atoms with Crippen LogP contribution in [0.2, 0.25) is 0 Å². The number of ether oxygens (including phenoxy) is 1. The van der Waals surface area contributed by atoms with Gasteiger partial charge in [0.1, 0.15) is 6.61 Å². The Morgan fingerprint density at radius 3 is 2.48 bits per heavy atom. The van der Waals surface area contributed by atoms with Crippen LogP contribution in [-0.2, 0) is 4.74 Å². The van der Waals surface area contributed by atoms with Crippen LogP contribution in [0.15, 0.2) is 24.3 Å². The van der Waals surface area contributed by atoms with Crippen LogP contribution in [0.1, 0.15) is 67.5 Å². The Labute approximate surface area is 148 Å². The first kappa shape index (κ1) is 19.2. The Balaban J connectivity index is 1.96. The molecule has 0 bridgehead atoms. The molecule has 0 aliphatic heterocycles. The van der Waals surface area contributed by atoms with Crippen molar-refractivity contribution in [1.82, 2.24) is 4.57 Å². The van der Waals surface area contributed by atoms with E-state index in [9.17, 15) is 14.7 Å². The molecule has 2 aromatic rings. The minimum Gasteiger partial charge on any atom is -0.494 e. The van der Waals surface area contributed by atoms with E-state index < -0.39 is 0 Å². The highest BCUT2D eigenvalue weighted by molar-refractivity contribution is 6.13. The van der Waals surface area contributed by atoms with Gasteiger partial charge in [-0.1, -0.05) is 57.2 Å². The first-order chi connectivity index (χ1) is 12.1. The van der Waals surface area contributed by atoms with Crippen LogP contribution < -0.4 is 0 Å². The molecule has 0 aliphatic carbocycles. The van der Waals surface area contributed by atoms with Gasteiger partial charge >= 0.3 is 0 Å². The lowest BCUT2D eigenvalue weighted by molar-refractivity contribution is 0.0751. The summed E-state index contributed by atoms with van der Waals surface area (Å²) in [7, 11) is 0. The molecule has 0 fully saturated rings. The van der Waals surface area contributed by atoms with Crippen LogP contribution in [0.25, 0.3) is 10.9 Å². The van der Waals surface area contributed by atoms with Gasteiger partial charge in [-0.15, -0.1) is 0 Å². The number of fused-ring (bicyclic) bond motifs is 1. The minimum absolute atomic E-state index is 0.0889. The number of aromatic nitrogens is 1. The number of hydrogen-bond acceptors (Lipinski definition) is 4. The van der Waals surface area contributed by atoms with E-state index in [1.165, 1.54) is 32.6 Å². The molecule has 5 heteroatoms. The number of carbonyl (C=O) groups is 2. The standard InChI is InChI=1S/C20H27NO4/c1-3-4-5-6-7-10-13-25-14-18(23)19-16-11-8-9-12-17(16)21(15(2)22)20(19)24/h8-9,11-12,24H,3-7,10,13-14H2,1-2H3. The van der Waals surface area contributed by atoms with Gasteiger partial charge in [0.2, 0.25) is 11.8 Å². The third-order valence-corrected chi connectivity index (χ3v) is 4.32. The van der Waals surface area contributed by atoms with Crippen molar-refractivity contribution in [2.45, 2.75) is 52.4 Å². The largest absolute Gasteiger partial charge is 0.494 e. The molecule has 0 saturated carbocycles. The van der Waals surface area contributed by atoms with Crippen molar-refractivity contribution < 1.29 is 19.4 Å². The number of para-hydroxylation sites is 1. The van der Waals surface area contributed by atoms with E-state index in [4.69, 9.17) is 4.74 Å². The van der Waals surface area contributed by atoms with E-state index in [0.29, 0.717) is 17.5 Å². The monoisotopic (exact) mass is 345 g/mol. The smallest absolute Gasteiger partial charge is 0.230 e. The van der Waals surface area contributed by atoms with E-state index in [1.54, 1.807) is 24.3 Å². The van der Waals surface area contributed by atoms with Gasteiger partial charge in [0.05, 0.1) is 11.1 Å². The van der Waals surface area contributed by atoms with E-state index in [2.05, 4.69) is 6.92 Å². The maximum atomic E-state index is 12.5. The van der Waals surface area contributed by atoms with Crippen molar-refractivity contribution in [2.75, 3.05) is 13.2 Å². The predicted octanol–water partition coefficient (Wildman–Crippen LogP) is 4.57. The highest BCUT2D eigenvalue weighted by Crippen LogP contribution is 2.31. The SMILES string of the molecule is CCCCCCCCOCC(=O)c1c(O)n(C(C)=O)c2ccccc12. The van der Waals surface area contributed by atoms with Crippen LogP contribution in [0.3, 0.4) is 0 Å². The fourth-order valence-corrected chi connectivity index (χ4v) is 3.04. The van der Waals surface area contributed by atoms with E-state index >= 15 is 0 Å². The average molecular weight is 345 g/mol. The van der Waals surface area contributed by atoms with Gasteiger partial charge in [-0.3, -0.25) is 14.2 Å². The minimum atomic E-state index is -0.333. The summed E-state index contributed by atoms with van der Waals surface area (Å²) >= 11 is 0. The predicted molar refractivity (Wildman–Crippen MR) is 98.4 cm³/mol. The molecule has 0 aliphatic rings. The maximum Gasteiger partial charge on any atom is 0.230 e. The highest BCUT2D eigenvalue weighted by atomic mass is 16.5. The molecular weight excluding hydrogens is 318 g/mol. The summed E-state index contributed by atoms with van der Waals surface area (Å²) in [5.74, 6) is -0.942. The molecule has 0 unspecified atom stereocenters. The lowest BCUT2D eigenvalue weighted by Crippen LogP contribution is -2.11. The number of carbonyl (C=O) groups excluding carboxylic acids is 2. The second kappa shape index (κ2) is 9.37. The summed E-state index contributed by atoms with van der Waals surface area (Å²) in [5, 5.41) is 10.9. The van der Waals surface area contributed by atoms with Crippen molar-refractivity contribution in [3.8, 4) is 5.88 Å². The van der Waals surface area contributed by atoms with Crippen LogP contribution >= 0.6 is 0 Å². The molecule has 0 amide bonds. The van der Waals surface area contributed by atoms with E-state index in [-0.39, 0.29) is 29.7 Å². The van der Waals surface area contributed by atoms with Crippen molar-refractivity contribution in [1.29, 1.82) is 0 Å². The molecule has 25 heavy (non-hydrogen) atoms. The molecule has 1 N–H and O–H groups in total. The zero-order chi connectivity index (χ0) is 18.2. The Hall–Kier alpha value is -2.14. The van der Waals surface area contributed by atoms with Crippen molar-refractivity contribution in [3.05, 3.63) is 29.8 Å². The molecule has 0 radical (unpaired) electrons. The molecule has 0 saturated heterocycles. The van der Waals surface area contributed by atoms with E-state index in [1.807, 2.05) is 0 Å². The molecular formula is C20H27NO4. The first-order valence-corrected chi connectivity index (χ1v) is 9.02. The van der Waals surface area contributed by atoms with Gasteiger partial charge in [0, 0.05) is 18.9 Å². The summed E-state index contributed by atoms with van der Waals surface area (Å²) in [5.41, 5.74) is 0.695. The van der Waals surface area contributed by atoms with Gasteiger partial charge in [0.25, 0.3) is 0 Å². The molecule has 0 spiro atoms. The number of unbranched alkanes of at least 4 members (excludes halogenated alkanes) is 5. The third kappa shape index (κ3) is 4.69. The van der Waals surface area contributed by atoms with Gasteiger partial charge in [-0.05, 0) is 12.5 Å². The molecule has 2 rings (SSSR count). The number of rotatable bonds is 10. The average Bonchev–Trinajstić information content (AvgIpc) is 2.89. The first-order valence-electron chi connectivity index (χ1n) is 9.02. The number of ketones is 1. The molecule has 1 heterocycles. The number of benzene rings is 1. The lowest BCUT2D eigenvalue weighted by atomic mass is 10.1. The third-order valence-electron chi connectivity index (χ3n) is 4.32. The Kier molecular flexibility index (Phi) is 7.19. The summed E-state index contributed by atoms with van der Waals surface area (Å²) in [4.78, 5) is 24.3. The normalized spacial score (nSPS) is 11.1. The molecule has 0 atom stereocenters. The van der Waals surface area contributed by atoms with Gasteiger partial charge in [-0.25, -0.2) is 0 Å². The van der Waals surface area contributed by atoms with Gasteiger partial charge < -0.3 is 9.84 Å². The van der Waals surface area contributed by atoms with Crippen molar-refractivity contribution in [2.24, 2.45) is 0 Å². The second-order valence-corrected chi connectivity index (χ2v) is 6.31. The van der Waals surface area contributed by atoms with Crippen LogP contribution in [0.5, 0.6) is 5.88 Å². The fraction of sp³-hybridized carbons (Fsp3) is 0.500. The summed E-state index contributed by atoms with van der Waals surface area (Å²) in [6, 6.07) is 6.99. The van der Waals surface area contributed by atoms with E-state index in [0.717, 1.165) is 17.4 Å². The number of aromatic hydroxyl groups is 1. The van der Waals surface area contributed by atoms with Crippen LogP contribution in [-0.4, -0.2) is 34.6 Å². The Morgan fingerprint density at radius 1 is 1.08 bits per heavy atom. The zero-order valence-electron chi connectivity index (χ0n) is 15.1. The zero-order valence-corrected chi connectivity index (χ0v) is 15.1.